The molecule has 0 bridgehead atoms. The lowest BCUT2D eigenvalue weighted by Crippen LogP contribution is -2.42. The normalized spacial score (nSPS) is 18.5. The molecule has 2 heterocycles. The Morgan fingerprint density at radius 3 is 2.37 bits per heavy atom. The number of anilines is 2. The molecule has 1 aliphatic heterocycles. The van der Waals surface area contributed by atoms with Crippen molar-refractivity contribution in [1.82, 2.24) is 9.97 Å². The highest BCUT2D eigenvalue weighted by Crippen LogP contribution is 2.39. The lowest BCUT2D eigenvalue weighted by atomic mass is 10.2. The number of halogens is 1. The van der Waals surface area contributed by atoms with E-state index in [0.717, 1.165) is 16.6 Å². The van der Waals surface area contributed by atoms with Gasteiger partial charge in [0.25, 0.3) is 12.6 Å². The topological polar surface area (TPSA) is 74.7 Å². The van der Waals surface area contributed by atoms with Crippen molar-refractivity contribution in [2.24, 2.45) is 0 Å². The maximum absolute atomic E-state index is 6.08. The Balaban J connectivity index is 1.79. The van der Waals surface area contributed by atoms with E-state index in [4.69, 9.17) is 30.5 Å². The van der Waals surface area contributed by atoms with Crippen LogP contribution in [-0.4, -0.2) is 36.8 Å². The number of hydrogen-bond donors (Lipinski definition) is 1. The molecule has 0 radical (unpaired) electrons. The second kappa shape index (κ2) is 7.19. The van der Waals surface area contributed by atoms with Crippen LogP contribution in [0.1, 0.15) is 5.82 Å². The van der Waals surface area contributed by atoms with Crippen LogP contribution in [0.25, 0.3) is 10.9 Å². The van der Waals surface area contributed by atoms with Crippen LogP contribution in [0.5, 0.6) is 11.5 Å². The number of methoxy groups -OCH3 is 2. The lowest BCUT2D eigenvalue weighted by Gasteiger charge is -2.31. The number of nitrogens with zero attached hydrogens (tertiary/aromatic N) is 2. The third kappa shape index (κ3) is 3.49. The number of rotatable bonds is 4. The van der Waals surface area contributed by atoms with E-state index >= 15 is 0 Å². The van der Waals surface area contributed by atoms with Gasteiger partial charge in [-0.2, -0.15) is 0 Å². The van der Waals surface area contributed by atoms with Crippen LogP contribution in [0.2, 0.25) is 5.02 Å². The quantitative estimate of drug-likeness (QED) is 0.723. The van der Waals surface area contributed by atoms with E-state index in [-0.39, 0.29) is 0 Å². The zero-order valence-electron chi connectivity index (χ0n) is 15.0. The summed E-state index contributed by atoms with van der Waals surface area (Å²) in [7, 11) is 3.07. The summed E-state index contributed by atoms with van der Waals surface area (Å²) in [5, 5.41) is 4.72. The number of benzene rings is 2. The summed E-state index contributed by atoms with van der Waals surface area (Å²) in [5.74, 6) is 2.34. The third-order valence-electron chi connectivity index (χ3n) is 4.13. The van der Waals surface area contributed by atoms with E-state index in [2.05, 4.69) is 15.3 Å². The van der Waals surface area contributed by atoms with Crippen LogP contribution in [0, 0.1) is 6.92 Å². The molecule has 140 valence electrons. The standard InChI is InChI=1S/C19H18ClN3O4/c1-10-21-14-9-16-15(26-18(24-2)19(25-3)27-16)8-13(14)17(22-10)23-12-6-4-5-11(20)7-12/h4-9,18-19H,1-3H3,(H,21,22,23). The second-order valence-electron chi connectivity index (χ2n) is 6.01. The highest BCUT2D eigenvalue weighted by Gasteiger charge is 2.32. The molecule has 1 aromatic heterocycles. The summed E-state index contributed by atoms with van der Waals surface area (Å²) in [6, 6.07) is 11.1. The molecule has 0 saturated heterocycles. The molecule has 0 fully saturated rings. The predicted octanol–water partition coefficient (Wildman–Crippen LogP) is 4.05. The van der Waals surface area contributed by atoms with Crippen molar-refractivity contribution in [1.29, 1.82) is 0 Å². The summed E-state index contributed by atoms with van der Waals surface area (Å²) in [5.41, 5.74) is 1.55. The van der Waals surface area contributed by atoms with E-state index in [1.54, 1.807) is 6.07 Å². The molecule has 2 unspecified atom stereocenters. The largest absolute Gasteiger partial charge is 0.454 e. The molecule has 0 aliphatic carbocycles. The monoisotopic (exact) mass is 387 g/mol. The Hall–Kier alpha value is -2.61. The van der Waals surface area contributed by atoms with Crippen LogP contribution < -0.4 is 14.8 Å². The molecule has 0 saturated carbocycles. The number of aryl methyl sites for hydroxylation is 1. The van der Waals surface area contributed by atoms with E-state index < -0.39 is 12.6 Å². The van der Waals surface area contributed by atoms with Crippen molar-refractivity contribution in [3.63, 3.8) is 0 Å². The first-order valence-corrected chi connectivity index (χ1v) is 8.69. The summed E-state index contributed by atoms with van der Waals surface area (Å²) < 4.78 is 22.3. The second-order valence-corrected chi connectivity index (χ2v) is 6.45. The fraction of sp³-hybridized carbons (Fsp3) is 0.263. The van der Waals surface area contributed by atoms with Crippen LogP contribution >= 0.6 is 11.6 Å². The molecule has 0 amide bonds. The number of nitrogens with one attached hydrogen (secondary N) is 1. The Kier molecular flexibility index (Phi) is 4.73. The van der Waals surface area contributed by atoms with Crippen molar-refractivity contribution in [3.05, 3.63) is 47.2 Å². The summed E-state index contributed by atoms with van der Waals surface area (Å²) >= 11 is 6.08. The number of aromatic nitrogens is 2. The molecule has 8 heteroatoms. The van der Waals surface area contributed by atoms with Crippen molar-refractivity contribution >= 4 is 34.0 Å². The maximum Gasteiger partial charge on any atom is 0.263 e. The molecule has 0 spiro atoms. The molecule has 27 heavy (non-hydrogen) atoms. The number of fused-ring (bicyclic) bond motifs is 2. The van der Waals surface area contributed by atoms with Gasteiger partial charge in [0.15, 0.2) is 11.5 Å². The van der Waals surface area contributed by atoms with Gasteiger partial charge in [-0.3, -0.25) is 0 Å². The maximum atomic E-state index is 6.08. The zero-order valence-corrected chi connectivity index (χ0v) is 15.8. The first-order valence-electron chi connectivity index (χ1n) is 8.31. The molecule has 1 aliphatic rings. The highest BCUT2D eigenvalue weighted by atomic mass is 35.5. The van der Waals surface area contributed by atoms with Crippen LogP contribution in [-0.2, 0) is 9.47 Å². The van der Waals surface area contributed by atoms with Crippen LogP contribution in [0.3, 0.4) is 0 Å². The Morgan fingerprint density at radius 1 is 1.00 bits per heavy atom. The van der Waals surface area contributed by atoms with E-state index in [1.165, 1.54) is 14.2 Å². The first kappa shape index (κ1) is 17.8. The smallest absolute Gasteiger partial charge is 0.263 e. The van der Waals surface area contributed by atoms with Gasteiger partial charge in [0, 0.05) is 36.4 Å². The fourth-order valence-corrected chi connectivity index (χ4v) is 3.11. The third-order valence-corrected chi connectivity index (χ3v) is 4.37. The Morgan fingerprint density at radius 2 is 1.70 bits per heavy atom. The van der Waals surface area contributed by atoms with Gasteiger partial charge >= 0.3 is 0 Å². The van der Waals surface area contributed by atoms with E-state index in [9.17, 15) is 0 Å². The molecular formula is C19H18ClN3O4. The zero-order chi connectivity index (χ0) is 19.0. The van der Waals surface area contributed by atoms with Gasteiger partial charge in [0.1, 0.15) is 11.6 Å². The molecule has 1 N–H and O–H groups in total. The average Bonchev–Trinajstić information content (AvgIpc) is 2.65. The van der Waals surface area contributed by atoms with E-state index in [1.807, 2.05) is 37.3 Å². The number of hydrogen-bond acceptors (Lipinski definition) is 7. The number of ether oxygens (including phenoxy) is 4. The van der Waals surface area contributed by atoms with Gasteiger partial charge in [0.05, 0.1) is 5.52 Å². The lowest BCUT2D eigenvalue weighted by molar-refractivity contribution is -0.223. The van der Waals surface area contributed by atoms with Crippen molar-refractivity contribution < 1.29 is 18.9 Å². The van der Waals surface area contributed by atoms with Crippen molar-refractivity contribution in [2.75, 3.05) is 19.5 Å². The summed E-state index contributed by atoms with van der Waals surface area (Å²) in [6.07, 6.45) is -1.33. The average molecular weight is 388 g/mol. The van der Waals surface area contributed by atoms with Crippen LogP contribution in [0.15, 0.2) is 36.4 Å². The minimum atomic E-state index is -0.671. The van der Waals surface area contributed by atoms with Crippen molar-refractivity contribution in [2.45, 2.75) is 19.5 Å². The summed E-state index contributed by atoms with van der Waals surface area (Å²) in [6.45, 7) is 1.83. The minimum Gasteiger partial charge on any atom is -0.454 e. The predicted molar refractivity (Wildman–Crippen MR) is 102 cm³/mol. The molecule has 7 nitrogen and oxygen atoms in total. The minimum absolute atomic E-state index is 0.532. The van der Waals surface area contributed by atoms with Gasteiger partial charge in [0.2, 0.25) is 0 Å². The van der Waals surface area contributed by atoms with Gasteiger partial charge in [-0.1, -0.05) is 17.7 Å². The highest BCUT2D eigenvalue weighted by molar-refractivity contribution is 6.30. The SMILES string of the molecule is COC1Oc2cc3nc(C)nc(Nc4cccc(Cl)c4)c3cc2OC1OC. The first-order chi connectivity index (χ1) is 13.1. The Labute approximate surface area is 161 Å². The molecule has 2 aromatic carbocycles. The van der Waals surface area contributed by atoms with Gasteiger partial charge in [-0.05, 0) is 31.2 Å². The summed E-state index contributed by atoms with van der Waals surface area (Å²) in [4.78, 5) is 9.04. The molecule has 2 atom stereocenters. The van der Waals surface area contributed by atoms with E-state index in [0.29, 0.717) is 28.2 Å². The van der Waals surface area contributed by atoms with Crippen molar-refractivity contribution in [3.8, 4) is 11.5 Å². The molecule has 4 rings (SSSR count). The van der Waals surface area contributed by atoms with Crippen LogP contribution in [0.4, 0.5) is 11.5 Å². The van der Waals surface area contributed by atoms with Gasteiger partial charge in [-0.15, -0.1) is 0 Å². The van der Waals surface area contributed by atoms with Gasteiger partial charge in [-0.25, -0.2) is 9.97 Å². The molecular weight excluding hydrogens is 370 g/mol. The van der Waals surface area contributed by atoms with Gasteiger partial charge < -0.3 is 24.3 Å². The molecule has 3 aromatic rings. The Bertz CT molecular complexity index is 998. The fourth-order valence-electron chi connectivity index (χ4n) is 2.92.